The van der Waals surface area contributed by atoms with E-state index < -0.39 is 0 Å². The number of hydroxylamine groups is 1. The molecule has 0 saturated heterocycles. The lowest BCUT2D eigenvalue weighted by Crippen LogP contribution is -2.32. The molecule has 1 N–H and O–H groups in total. The van der Waals surface area contributed by atoms with Crippen molar-refractivity contribution in [1.82, 2.24) is 5.48 Å². The summed E-state index contributed by atoms with van der Waals surface area (Å²) in [6.07, 6.45) is 8.49. The van der Waals surface area contributed by atoms with Crippen LogP contribution in [-0.2, 0) is 4.84 Å². The van der Waals surface area contributed by atoms with Gasteiger partial charge in [-0.3, -0.25) is 0 Å². The molecule has 0 spiro atoms. The lowest BCUT2D eigenvalue weighted by Gasteiger charge is -2.28. The van der Waals surface area contributed by atoms with Gasteiger partial charge in [0, 0.05) is 6.04 Å². The van der Waals surface area contributed by atoms with E-state index in [2.05, 4.69) is 5.48 Å². The monoisotopic (exact) mass is 169 g/mol. The standard InChI is InChI=1S/C10H19NO/c1-12-11-10-6-4-9(5-7-10)8-2-3-8/h8-11H,2-7H2,1H3. The Morgan fingerprint density at radius 3 is 1.83 bits per heavy atom. The predicted octanol–water partition coefficient (Wildman–Crippen LogP) is 2.11. The van der Waals surface area contributed by atoms with Crippen molar-refractivity contribution in [3.63, 3.8) is 0 Å². The van der Waals surface area contributed by atoms with Crippen LogP contribution in [0.4, 0.5) is 0 Å². The third-order valence-corrected chi connectivity index (χ3v) is 3.35. The first-order chi connectivity index (χ1) is 5.90. The molecule has 2 aliphatic carbocycles. The lowest BCUT2D eigenvalue weighted by atomic mass is 9.83. The van der Waals surface area contributed by atoms with Crippen LogP contribution in [0.3, 0.4) is 0 Å². The summed E-state index contributed by atoms with van der Waals surface area (Å²) in [5.41, 5.74) is 3.06. The molecule has 0 heterocycles. The number of hydrogen-bond donors (Lipinski definition) is 1. The Morgan fingerprint density at radius 2 is 1.42 bits per heavy atom. The Bertz CT molecular complexity index is 137. The molecule has 0 aromatic heterocycles. The molecule has 70 valence electrons. The molecule has 0 atom stereocenters. The van der Waals surface area contributed by atoms with E-state index in [9.17, 15) is 0 Å². The molecule has 12 heavy (non-hydrogen) atoms. The molecule has 0 bridgehead atoms. The van der Waals surface area contributed by atoms with Gasteiger partial charge in [0.05, 0.1) is 7.11 Å². The topological polar surface area (TPSA) is 21.3 Å². The maximum absolute atomic E-state index is 4.94. The second kappa shape index (κ2) is 3.75. The molecule has 0 aromatic carbocycles. The molecule has 2 fully saturated rings. The van der Waals surface area contributed by atoms with E-state index in [1.165, 1.54) is 38.5 Å². The third-order valence-electron chi connectivity index (χ3n) is 3.35. The van der Waals surface area contributed by atoms with E-state index in [4.69, 9.17) is 4.84 Å². The Kier molecular flexibility index (Phi) is 2.66. The number of nitrogens with one attached hydrogen (secondary N) is 1. The zero-order chi connectivity index (χ0) is 8.39. The smallest absolute Gasteiger partial charge is 0.0572 e. The van der Waals surface area contributed by atoms with Gasteiger partial charge in [-0.15, -0.1) is 0 Å². The first-order valence-electron chi connectivity index (χ1n) is 5.18. The summed E-state index contributed by atoms with van der Waals surface area (Å²) >= 11 is 0. The fourth-order valence-corrected chi connectivity index (χ4v) is 2.44. The van der Waals surface area contributed by atoms with Crippen LogP contribution in [0.1, 0.15) is 38.5 Å². The van der Waals surface area contributed by atoms with Crippen LogP contribution in [-0.4, -0.2) is 13.2 Å². The fourth-order valence-electron chi connectivity index (χ4n) is 2.44. The van der Waals surface area contributed by atoms with Crippen molar-refractivity contribution < 1.29 is 4.84 Å². The van der Waals surface area contributed by atoms with E-state index in [0.29, 0.717) is 6.04 Å². The summed E-state index contributed by atoms with van der Waals surface area (Å²) in [6.45, 7) is 0. The van der Waals surface area contributed by atoms with Crippen molar-refractivity contribution >= 4 is 0 Å². The van der Waals surface area contributed by atoms with Crippen LogP contribution in [0.25, 0.3) is 0 Å². The summed E-state index contributed by atoms with van der Waals surface area (Å²) in [5.74, 6) is 2.16. The van der Waals surface area contributed by atoms with Crippen molar-refractivity contribution in [3.05, 3.63) is 0 Å². The molecule has 0 amide bonds. The molecule has 0 aromatic rings. The zero-order valence-electron chi connectivity index (χ0n) is 7.88. The maximum Gasteiger partial charge on any atom is 0.0572 e. The molecule has 0 aliphatic heterocycles. The Balaban J connectivity index is 1.69. The van der Waals surface area contributed by atoms with Crippen LogP contribution in [0.15, 0.2) is 0 Å². The van der Waals surface area contributed by atoms with Crippen LogP contribution < -0.4 is 5.48 Å². The highest BCUT2D eigenvalue weighted by molar-refractivity contribution is 4.86. The predicted molar refractivity (Wildman–Crippen MR) is 48.6 cm³/mol. The number of hydrogen-bond acceptors (Lipinski definition) is 2. The van der Waals surface area contributed by atoms with Gasteiger partial charge in [0.2, 0.25) is 0 Å². The minimum Gasteiger partial charge on any atom is -0.305 e. The quantitative estimate of drug-likeness (QED) is 0.653. The van der Waals surface area contributed by atoms with Crippen LogP contribution >= 0.6 is 0 Å². The molecular formula is C10H19NO. The van der Waals surface area contributed by atoms with Gasteiger partial charge in [-0.25, -0.2) is 0 Å². The van der Waals surface area contributed by atoms with E-state index in [1.807, 2.05) is 0 Å². The Hall–Kier alpha value is -0.0800. The maximum atomic E-state index is 4.94. The van der Waals surface area contributed by atoms with Crippen LogP contribution in [0.5, 0.6) is 0 Å². The van der Waals surface area contributed by atoms with Gasteiger partial charge in [0.1, 0.15) is 0 Å². The first kappa shape index (κ1) is 8.52. The van der Waals surface area contributed by atoms with Gasteiger partial charge in [0.25, 0.3) is 0 Å². The second-order valence-electron chi connectivity index (χ2n) is 4.27. The van der Waals surface area contributed by atoms with E-state index in [0.717, 1.165) is 11.8 Å². The van der Waals surface area contributed by atoms with Crippen LogP contribution in [0.2, 0.25) is 0 Å². The number of rotatable bonds is 3. The average Bonchev–Trinajstić information content (AvgIpc) is 2.89. The summed E-state index contributed by atoms with van der Waals surface area (Å²) < 4.78 is 0. The van der Waals surface area contributed by atoms with E-state index >= 15 is 0 Å². The molecule has 0 radical (unpaired) electrons. The van der Waals surface area contributed by atoms with Crippen molar-refractivity contribution in [3.8, 4) is 0 Å². The first-order valence-corrected chi connectivity index (χ1v) is 5.18. The molecule has 2 aliphatic rings. The van der Waals surface area contributed by atoms with Crippen LogP contribution in [0, 0.1) is 11.8 Å². The highest BCUT2D eigenvalue weighted by Gasteiger charge is 2.33. The van der Waals surface area contributed by atoms with Crippen molar-refractivity contribution in [2.24, 2.45) is 11.8 Å². The van der Waals surface area contributed by atoms with Gasteiger partial charge in [-0.1, -0.05) is 0 Å². The SMILES string of the molecule is CONC1CCC(C2CC2)CC1. The van der Waals surface area contributed by atoms with Crippen molar-refractivity contribution in [1.29, 1.82) is 0 Å². The summed E-state index contributed by atoms with van der Waals surface area (Å²) in [5, 5.41) is 0. The second-order valence-corrected chi connectivity index (χ2v) is 4.27. The molecule has 2 saturated carbocycles. The Labute approximate surface area is 74.6 Å². The zero-order valence-corrected chi connectivity index (χ0v) is 7.88. The summed E-state index contributed by atoms with van der Waals surface area (Å²) in [4.78, 5) is 4.94. The van der Waals surface area contributed by atoms with Gasteiger partial charge in [0.15, 0.2) is 0 Å². The summed E-state index contributed by atoms with van der Waals surface area (Å²) in [6, 6.07) is 0.630. The third kappa shape index (κ3) is 1.99. The van der Waals surface area contributed by atoms with Crippen molar-refractivity contribution in [2.75, 3.05) is 7.11 Å². The molecular weight excluding hydrogens is 150 g/mol. The highest BCUT2D eigenvalue weighted by Crippen LogP contribution is 2.43. The largest absolute Gasteiger partial charge is 0.305 e. The molecule has 0 unspecified atom stereocenters. The summed E-state index contributed by atoms with van der Waals surface area (Å²) in [7, 11) is 1.72. The minimum atomic E-state index is 0.630. The van der Waals surface area contributed by atoms with Gasteiger partial charge >= 0.3 is 0 Å². The van der Waals surface area contributed by atoms with E-state index in [-0.39, 0.29) is 0 Å². The van der Waals surface area contributed by atoms with E-state index in [1.54, 1.807) is 7.11 Å². The highest BCUT2D eigenvalue weighted by atomic mass is 16.6. The molecule has 2 rings (SSSR count). The van der Waals surface area contributed by atoms with Crippen molar-refractivity contribution in [2.45, 2.75) is 44.6 Å². The van der Waals surface area contributed by atoms with Gasteiger partial charge in [-0.05, 0) is 50.4 Å². The molecule has 2 nitrogen and oxygen atoms in total. The molecule has 2 heteroatoms. The van der Waals surface area contributed by atoms with Gasteiger partial charge in [-0.2, -0.15) is 5.48 Å². The normalized spacial score (nSPS) is 36.8. The average molecular weight is 169 g/mol. The fraction of sp³-hybridized carbons (Fsp3) is 1.00. The van der Waals surface area contributed by atoms with Gasteiger partial charge < -0.3 is 4.84 Å². The minimum absolute atomic E-state index is 0.630. The lowest BCUT2D eigenvalue weighted by molar-refractivity contribution is 0.0419. The Morgan fingerprint density at radius 1 is 0.917 bits per heavy atom.